The highest BCUT2D eigenvalue weighted by Crippen LogP contribution is 2.27. The average molecular weight is 550 g/mol. The van der Waals surface area contributed by atoms with Crippen LogP contribution >= 0.6 is 0 Å². The zero-order valence-corrected chi connectivity index (χ0v) is 24.5. The number of carbonyl (C=O) groups is 2. The zero-order chi connectivity index (χ0) is 28.7. The number of hydrogen-bond donors (Lipinski definition) is 1. The summed E-state index contributed by atoms with van der Waals surface area (Å²) < 4.78 is 29.0. The van der Waals surface area contributed by atoms with Gasteiger partial charge >= 0.3 is 0 Å². The van der Waals surface area contributed by atoms with Crippen LogP contribution in [0, 0.1) is 26.7 Å². The van der Waals surface area contributed by atoms with Crippen LogP contribution in [0.1, 0.15) is 43.0 Å². The van der Waals surface area contributed by atoms with Gasteiger partial charge in [-0.3, -0.25) is 13.9 Å². The van der Waals surface area contributed by atoms with Gasteiger partial charge < -0.3 is 10.2 Å². The van der Waals surface area contributed by atoms with E-state index in [0.717, 1.165) is 21.0 Å². The van der Waals surface area contributed by atoms with Crippen molar-refractivity contribution in [2.75, 3.05) is 17.4 Å². The molecule has 0 fully saturated rings. The minimum absolute atomic E-state index is 0.0945. The number of anilines is 1. The number of rotatable bonds is 11. The summed E-state index contributed by atoms with van der Waals surface area (Å²) in [4.78, 5) is 28.6. The molecule has 0 aliphatic heterocycles. The van der Waals surface area contributed by atoms with Gasteiger partial charge in [-0.2, -0.15) is 0 Å². The summed E-state index contributed by atoms with van der Waals surface area (Å²) in [6.07, 6.45) is 0. The van der Waals surface area contributed by atoms with Crippen molar-refractivity contribution in [1.29, 1.82) is 0 Å². The molecule has 3 rings (SSSR count). The van der Waals surface area contributed by atoms with Crippen molar-refractivity contribution in [2.45, 2.75) is 59.0 Å². The molecule has 8 heteroatoms. The number of benzene rings is 3. The van der Waals surface area contributed by atoms with Crippen LogP contribution in [-0.4, -0.2) is 44.3 Å². The number of hydrogen-bond acceptors (Lipinski definition) is 4. The molecule has 0 spiro atoms. The van der Waals surface area contributed by atoms with Crippen molar-refractivity contribution in [1.82, 2.24) is 10.2 Å². The number of carbonyl (C=O) groups excluding carboxylic acids is 2. The van der Waals surface area contributed by atoms with Crippen LogP contribution in [-0.2, 0) is 26.2 Å². The number of sulfonamides is 1. The second-order valence-electron chi connectivity index (χ2n) is 10.4. The Kier molecular flexibility index (Phi) is 9.92. The van der Waals surface area contributed by atoms with Crippen LogP contribution in [0.3, 0.4) is 0 Å². The summed E-state index contributed by atoms with van der Waals surface area (Å²) in [5.41, 5.74) is 3.95. The van der Waals surface area contributed by atoms with Crippen molar-refractivity contribution < 1.29 is 18.0 Å². The van der Waals surface area contributed by atoms with E-state index in [1.54, 1.807) is 43.3 Å². The number of nitrogens with zero attached hydrogens (tertiary/aromatic N) is 2. The lowest BCUT2D eigenvalue weighted by Gasteiger charge is -2.32. The Labute approximate surface area is 232 Å². The van der Waals surface area contributed by atoms with Gasteiger partial charge in [-0.15, -0.1) is 0 Å². The van der Waals surface area contributed by atoms with Crippen LogP contribution in [0.4, 0.5) is 5.69 Å². The van der Waals surface area contributed by atoms with Gasteiger partial charge in [-0.25, -0.2) is 8.42 Å². The lowest BCUT2D eigenvalue weighted by atomic mass is 10.1. The van der Waals surface area contributed by atoms with Crippen molar-refractivity contribution in [2.24, 2.45) is 5.92 Å². The minimum Gasteiger partial charge on any atom is -0.354 e. The molecule has 1 atom stereocenters. The molecular formula is C31H39N3O4S. The van der Waals surface area contributed by atoms with E-state index in [1.165, 1.54) is 4.90 Å². The maximum absolute atomic E-state index is 14.0. The molecule has 0 aliphatic rings. The fourth-order valence-electron chi connectivity index (χ4n) is 4.24. The highest BCUT2D eigenvalue weighted by Gasteiger charge is 2.33. The van der Waals surface area contributed by atoms with E-state index in [-0.39, 0.29) is 23.3 Å². The fourth-order valence-corrected chi connectivity index (χ4v) is 5.71. The molecule has 0 heterocycles. The lowest BCUT2D eigenvalue weighted by molar-refractivity contribution is -0.139. The van der Waals surface area contributed by atoms with E-state index < -0.39 is 28.5 Å². The maximum Gasteiger partial charge on any atom is 0.264 e. The third-order valence-corrected chi connectivity index (χ3v) is 8.33. The van der Waals surface area contributed by atoms with E-state index in [1.807, 2.05) is 71.0 Å². The first-order valence-electron chi connectivity index (χ1n) is 13.2. The smallest absolute Gasteiger partial charge is 0.264 e. The van der Waals surface area contributed by atoms with Gasteiger partial charge in [0, 0.05) is 13.1 Å². The normalized spacial score (nSPS) is 12.2. The molecule has 39 heavy (non-hydrogen) atoms. The molecular weight excluding hydrogens is 510 g/mol. The molecule has 7 nitrogen and oxygen atoms in total. The van der Waals surface area contributed by atoms with Crippen LogP contribution in [0.2, 0.25) is 0 Å². The molecule has 0 unspecified atom stereocenters. The molecule has 3 aromatic carbocycles. The number of para-hydroxylation sites is 1. The summed E-state index contributed by atoms with van der Waals surface area (Å²) in [5, 5.41) is 2.91. The topological polar surface area (TPSA) is 86.8 Å². The maximum atomic E-state index is 14.0. The summed E-state index contributed by atoms with van der Waals surface area (Å²) in [7, 11) is -4.08. The summed E-state index contributed by atoms with van der Waals surface area (Å²) in [5.74, 6) is -0.505. The van der Waals surface area contributed by atoms with E-state index in [9.17, 15) is 18.0 Å². The Morgan fingerprint density at radius 1 is 0.846 bits per heavy atom. The Morgan fingerprint density at radius 2 is 1.51 bits per heavy atom. The van der Waals surface area contributed by atoms with Gasteiger partial charge in [0.25, 0.3) is 10.0 Å². The quantitative estimate of drug-likeness (QED) is 0.365. The Bertz CT molecular complexity index is 1400. The van der Waals surface area contributed by atoms with E-state index in [2.05, 4.69) is 5.32 Å². The molecule has 1 N–H and O–H groups in total. The van der Waals surface area contributed by atoms with Crippen molar-refractivity contribution in [3.8, 4) is 0 Å². The van der Waals surface area contributed by atoms with E-state index >= 15 is 0 Å². The minimum atomic E-state index is -4.08. The van der Waals surface area contributed by atoms with Crippen LogP contribution in [0.5, 0.6) is 0 Å². The Balaban J connectivity index is 2.02. The summed E-state index contributed by atoms with van der Waals surface area (Å²) >= 11 is 0. The predicted molar refractivity (Wildman–Crippen MR) is 156 cm³/mol. The molecule has 0 bridgehead atoms. The summed E-state index contributed by atoms with van der Waals surface area (Å²) in [6, 6.07) is 20.5. The third-order valence-electron chi connectivity index (χ3n) is 6.56. The predicted octanol–water partition coefficient (Wildman–Crippen LogP) is 5.00. The molecule has 0 saturated carbocycles. The number of nitrogens with one attached hydrogen (secondary N) is 1. The van der Waals surface area contributed by atoms with Gasteiger partial charge in [0.05, 0.1) is 10.6 Å². The SMILES string of the molecule is Cc1ccc(S(=O)(=O)N(CC(=O)N(Cc2cccc(C)c2)[C@@H](C)C(=O)NCC(C)C)c2ccccc2C)cc1. The van der Waals surface area contributed by atoms with Gasteiger partial charge in [0.15, 0.2) is 0 Å². The first kappa shape index (κ1) is 29.9. The molecule has 0 saturated heterocycles. The van der Waals surface area contributed by atoms with Gasteiger partial charge in [0.2, 0.25) is 11.8 Å². The van der Waals surface area contributed by atoms with Crippen molar-refractivity contribution in [3.63, 3.8) is 0 Å². The lowest BCUT2D eigenvalue weighted by Crippen LogP contribution is -2.51. The molecule has 2 amide bonds. The molecule has 0 radical (unpaired) electrons. The third kappa shape index (κ3) is 7.69. The molecule has 3 aromatic rings. The average Bonchev–Trinajstić information content (AvgIpc) is 2.89. The number of aryl methyl sites for hydroxylation is 3. The highest BCUT2D eigenvalue weighted by atomic mass is 32.2. The number of amides is 2. The van der Waals surface area contributed by atoms with Crippen molar-refractivity contribution in [3.05, 3.63) is 95.1 Å². The van der Waals surface area contributed by atoms with E-state index in [0.29, 0.717) is 17.8 Å². The molecule has 208 valence electrons. The zero-order valence-electron chi connectivity index (χ0n) is 23.6. The van der Waals surface area contributed by atoms with Crippen LogP contribution < -0.4 is 9.62 Å². The largest absolute Gasteiger partial charge is 0.354 e. The van der Waals surface area contributed by atoms with Gasteiger partial charge in [0.1, 0.15) is 12.6 Å². The van der Waals surface area contributed by atoms with Crippen LogP contribution in [0.15, 0.2) is 77.7 Å². The summed E-state index contributed by atoms with van der Waals surface area (Å²) in [6.45, 7) is 11.5. The second-order valence-corrected chi connectivity index (χ2v) is 12.3. The fraction of sp³-hybridized carbons (Fsp3) is 0.355. The van der Waals surface area contributed by atoms with Crippen molar-refractivity contribution >= 4 is 27.5 Å². The first-order chi connectivity index (χ1) is 18.4. The van der Waals surface area contributed by atoms with Gasteiger partial charge in [-0.05, 0) is 62.9 Å². The van der Waals surface area contributed by atoms with Gasteiger partial charge in [-0.1, -0.05) is 79.6 Å². The Morgan fingerprint density at radius 3 is 2.13 bits per heavy atom. The molecule has 0 aliphatic carbocycles. The highest BCUT2D eigenvalue weighted by molar-refractivity contribution is 7.92. The monoisotopic (exact) mass is 549 g/mol. The Hall–Kier alpha value is -3.65. The van der Waals surface area contributed by atoms with Crippen LogP contribution in [0.25, 0.3) is 0 Å². The standard InChI is InChI=1S/C31H39N3O4S/c1-22(2)19-32-31(36)26(6)33(20-27-12-9-10-24(4)18-27)30(35)21-34(29-13-8-7-11-25(29)5)39(37,38)28-16-14-23(3)15-17-28/h7-18,22,26H,19-21H2,1-6H3,(H,32,36)/t26-/m0/s1. The van der Waals surface area contributed by atoms with E-state index in [4.69, 9.17) is 0 Å². The second kappa shape index (κ2) is 12.9. The first-order valence-corrected chi connectivity index (χ1v) is 14.6. The molecule has 0 aromatic heterocycles.